The predicted molar refractivity (Wildman–Crippen MR) is 118 cm³/mol. The highest BCUT2D eigenvalue weighted by Crippen LogP contribution is 2.25. The lowest BCUT2D eigenvalue weighted by Crippen LogP contribution is -2.41. The summed E-state index contributed by atoms with van der Waals surface area (Å²) in [4.78, 5) is 6.68. The number of aliphatic imine (C=N–C) groups is 1. The highest BCUT2D eigenvalue weighted by Gasteiger charge is 2.15. The molecule has 0 aliphatic carbocycles. The summed E-state index contributed by atoms with van der Waals surface area (Å²) >= 11 is 0. The summed E-state index contributed by atoms with van der Waals surface area (Å²) in [6.07, 6.45) is 2.57. The summed E-state index contributed by atoms with van der Waals surface area (Å²) in [5, 5.41) is 6.44. The minimum Gasteiger partial charge on any atom is -0.497 e. The first-order chi connectivity index (χ1) is 13.0. The quantitative estimate of drug-likeness (QED) is 0.302. The summed E-state index contributed by atoms with van der Waals surface area (Å²) < 4.78 is 35.0. The topological polar surface area (TPSA) is 58.1 Å². The van der Waals surface area contributed by atoms with Crippen LogP contribution in [0.4, 0.5) is 8.78 Å². The van der Waals surface area contributed by atoms with E-state index in [1.54, 1.807) is 19.2 Å². The van der Waals surface area contributed by atoms with Crippen molar-refractivity contribution in [3.63, 3.8) is 0 Å². The van der Waals surface area contributed by atoms with Gasteiger partial charge in [-0.1, -0.05) is 6.92 Å². The molecule has 1 aliphatic rings. The summed E-state index contributed by atoms with van der Waals surface area (Å²) in [5.74, 6) is 1.80. The van der Waals surface area contributed by atoms with E-state index in [0.717, 1.165) is 13.1 Å². The molecular weight excluding hydrogens is 481 g/mol. The van der Waals surface area contributed by atoms with E-state index in [9.17, 15) is 8.78 Å². The predicted octanol–water partition coefficient (Wildman–Crippen LogP) is 3.31. The fourth-order valence-electron chi connectivity index (χ4n) is 3.17. The fraction of sp³-hybridized carbons (Fsp3) is 0.632. The molecule has 0 aromatic heterocycles. The van der Waals surface area contributed by atoms with Crippen LogP contribution in [0.3, 0.4) is 0 Å². The number of alkyl halides is 2. The minimum absolute atomic E-state index is 0. The lowest BCUT2D eigenvalue weighted by atomic mass is 10.1. The third-order valence-electron chi connectivity index (χ3n) is 4.54. The number of nitrogens with one attached hydrogen (secondary N) is 2. The van der Waals surface area contributed by atoms with Gasteiger partial charge >= 0.3 is 6.61 Å². The number of halogens is 3. The van der Waals surface area contributed by atoms with Gasteiger partial charge in [0.25, 0.3) is 0 Å². The van der Waals surface area contributed by atoms with Crippen LogP contribution in [-0.4, -0.2) is 57.8 Å². The molecule has 0 saturated carbocycles. The molecule has 6 nitrogen and oxygen atoms in total. The molecule has 1 aliphatic heterocycles. The molecule has 9 heteroatoms. The smallest absolute Gasteiger partial charge is 0.387 e. The van der Waals surface area contributed by atoms with Crippen LogP contribution in [0.2, 0.25) is 0 Å². The fourth-order valence-corrected chi connectivity index (χ4v) is 3.17. The number of guanidine groups is 1. The highest BCUT2D eigenvalue weighted by atomic mass is 127. The molecule has 1 fully saturated rings. The van der Waals surface area contributed by atoms with E-state index in [0.29, 0.717) is 29.7 Å². The van der Waals surface area contributed by atoms with Crippen LogP contribution in [0.25, 0.3) is 0 Å². The second-order valence-electron chi connectivity index (χ2n) is 6.77. The van der Waals surface area contributed by atoms with E-state index in [1.807, 2.05) is 0 Å². The van der Waals surface area contributed by atoms with E-state index in [4.69, 9.17) is 4.74 Å². The number of likely N-dealkylation sites (tertiary alicyclic amines) is 1. The van der Waals surface area contributed by atoms with Crippen LogP contribution in [0, 0.1) is 5.92 Å². The number of hydrogen-bond acceptors (Lipinski definition) is 4. The Hall–Kier alpha value is -1.36. The van der Waals surface area contributed by atoms with Gasteiger partial charge in [0.15, 0.2) is 5.96 Å². The van der Waals surface area contributed by atoms with E-state index in [1.165, 1.54) is 39.1 Å². The molecule has 1 atom stereocenters. The van der Waals surface area contributed by atoms with Crippen molar-refractivity contribution in [2.45, 2.75) is 32.9 Å². The van der Waals surface area contributed by atoms with Gasteiger partial charge < -0.3 is 25.0 Å². The highest BCUT2D eigenvalue weighted by molar-refractivity contribution is 14.0. The van der Waals surface area contributed by atoms with Crippen molar-refractivity contribution in [1.29, 1.82) is 0 Å². The number of ether oxygens (including phenoxy) is 2. The summed E-state index contributed by atoms with van der Waals surface area (Å²) in [5.41, 5.74) is 0.572. The van der Waals surface area contributed by atoms with Gasteiger partial charge in [-0.2, -0.15) is 8.78 Å². The van der Waals surface area contributed by atoms with Crippen LogP contribution < -0.4 is 20.1 Å². The molecule has 1 saturated heterocycles. The lowest BCUT2D eigenvalue weighted by Gasteiger charge is -2.21. The van der Waals surface area contributed by atoms with E-state index >= 15 is 0 Å². The standard InChI is InChI=1S/C19H30F2N4O2.HI/c1-14(13-25-8-4-5-9-25)11-23-19(22-2)24-12-15-10-16(26-3)6-7-17(15)27-18(20)21;/h6-7,10,14,18H,4-5,8-9,11-13H2,1-3H3,(H2,22,23,24);1H. The maximum Gasteiger partial charge on any atom is 0.387 e. The Labute approximate surface area is 183 Å². The molecule has 1 unspecified atom stereocenters. The Morgan fingerprint density at radius 3 is 2.57 bits per heavy atom. The van der Waals surface area contributed by atoms with Crippen molar-refractivity contribution < 1.29 is 18.3 Å². The van der Waals surface area contributed by atoms with E-state index < -0.39 is 6.61 Å². The first-order valence-electron chi connectivity index (χ1n) is 9.30. The zero-order valence-electron chi connectivity index (χ0n) is 16.7. The Bertz CT molecular complexity index is 614. The molecule has 2 rings (SSSR count). The van der Waals surface area contributed by atoms with Gasteiger partial charge in [-0.05, 0) is 50.0 Å². The molecule has 0 amide bonds. The van der Waals surface area contributed by atoms with Crippen LogP contribution in [0.15, 0.2) is 23.2 Å². The van der Waals surface area contributed by atoms with Crippen LogP contribution in [0.1, 0.15) is 25.3 Å². The van der Waals surface area contributed by atoms with Gasteiger partial charge in [-0.15, -0.1) is 24.0 Å². The number of hydrogen-bond donors (Lipinski definition) is 2. The van der Waals surface area contributed by atoms with Crippen LogP contribution >= 0.6 is 24.0 Å². The largest absolute Gasteiger partial charge is 0.497 e. The second-order valence-corrected chi connectivity index (χ2v) is 6.77. The molecule has 2 N–H and O–H groups in total. The molecule has 1 aromatic rings. The summed E-state index contributed by atoms with van der Waals surface area (Å²) in [6.45, 7) is 3.83. The van der Waals surface area contributed by atoms with Gasteiger partial charge in [-0.3, -0.25) is 4.99 Å². The number of nitrogens with zero attached hydrogens (tertiary/aromatic N) is 2. The maximum absolute atomic E-state index is 12.6. The number of methoxy groups -OCH3 is 1. The third kappa shape index (κ3) is 8.34. The van der Waals surface area contributed by atoms with Crippen molar-refractivity contribution in [2.24, 2.45) is 10.9 Å². The van der Waals surface area contributed by atoms with Crippen molar-refractivity contribution in [3.8, 4) is 11.5 Å². The SMILES string of the molecule is CN=C(NCc1cc(OC)ccc1OC(F)F)NCC(C)CN1CCCC1.I. The van der Waals surface area contributed by atoms with Gasteiger partial charge in [0.2, 0.25) is 0 Å². The Morgan fingerprint density at radius 1 is 1.25 bits per heavy atom. The first-order valence-corrected chi connectivity index (χ1v) is 9.30. The minimum atomic E-state index is -2.87. The molecular formula is C19H31F2IN4O2. The molecule has 160 valence electrons. The van der Waals surface area contributed by atoms with Crippen molar-refractivity contribution in [1.82, 2.24) is 15.5 Å². The average Bonchev–Trinajstić information content (AvgIpc) is 3.15. The lowest BCUT2D eigenvalue weighted by molar-refractivity contribution is -0.0504. The molecule has 1 heterocycles. The van der Waals surface area contributed by atoms with Crippen LogP contribution in [0.5, 0.6) is 11.5 Å². The summed E-state index contributed by atoms with van der Waals surface area (Å²) in [7, 11) is 3.21. The number of benzene rings is 1. The van der Waals surface area contributed by atoms with Crippen molar-refractivity contribution >= 4 is 29.9 Å². The van der Waals surface area contributed by atoms with Crippen molar-refractivity contribution in [2.75, 3.05) is 40.3 Å². The monoisotopic (exact) mass is 512 g/mol. The molecule has 0 bridgehead atoms. The van der Waals surface area contributed by atoms with Gasteiger partial charge in [0.05, 0.1) is 7.11 Å². The molecule has 1 aromatic carbocycles. The van der Waals surface area contributed by atoms with Gasteiger partial charge in [0.1, 0.15) is 11.5 Å². The van der Waals surface area contributed by atoms with Gasteiger partial charge in [-0.25, -0.2) is 0 Å². The zero-order valence-corrected chi connectivity index (χ0v) is 19.0. The Balaban J connectivity index is 0.00000392. The van der Waals surface area contributed by atoms with Gasteiger partial charge in [0, 0.05) is 32.2 Å². The third-order valence-corrected chi connectivity index (χ3v) is 4.54. The maximum atomic E-state index is 12.6. The van der Waals surface area contributed by atoms with E-state index in [2.05, 4.69) is 32.2 Å². The van der Waals surface area contributed by atoms with Crippen LogP contribution in [-0.2, 0) is 6.54 Å². The van der Waals surface area contributed by atoms with E-state index in [-0.39, 0.29) is 29.7 Å². The number of rotatable bonds is 9. The Morgan fingerprint density at radius 2 is 1.96 bits per heavy atom. The summed E-state index contributed by atoms with van der Waals surface area (Å²) in [6, 6.07) is 4.75. The molecule has 0 radical (unpaired) electrons. The first kappa shape index (κ1) is 24.7. The normalized spacial score (nSPS) is 15.9. The Kier molecular flexibility index (Phi) is 11.4. The zero-order chi connectivity index (χ0) is 19.6. The molecule has 28 heavy (non-hydrogen) atoms. The van der Waals surface area contributed by atoms with Crippen molar-refractivity contribution in [3.05, 3.63) is 23.8 Å². The second kappa shape index (κ2) is 13.0. The molecule has 0 spiro atoms. The average molecular weight is 512 g/mol.